The molecule has 2 aromatic heterocycles. The summed E-state index contributed by atoms with van der Waals surface area (Å²) in [6.07, 6.45) is 6.48. The average Bonchev–Trinajstić information content (AvgIpc) is 3.04. The normalized spacial score (nSPS) is 17.7. The van der Waals surface area contributed by atoms with Crippen molar-refractivity contribution in [1.29, 1.82) is 0 Å². The maximum atomic E-state index is 13.0. The zero-order valence-corrected chi connectivity index (χ0v) is 17.1. The number of carbonyl (C=O) groups is 2. The Bertz CT molecular complexity index is 1160. The fraction of sp³-hybridized carbons (Fsp3) is 0.167. The number of methoxy groups -OCH3 is 1. The molecule has 0 bridgehead atoms. The highest BCUT2D eigenvalue weighted by molar-refractivity contribution is 6.46. The third kappa shape index (κ3) is 3.77. The van der Waals surface area contributed by atoms with Gasteiger partial charge in [-0.2, -0.15) is 0 Å². The van der Waals surface area contributed by atoms with Crippen LogP contribution in [0.3, 0.4) is 0 Å². The minimum atomic E-state index is -0.745. The molecule has 1 amide bonds. The van der Waals surface area contributed by atoms with E-state index in [2.05, 4.69) is 9.97 Å². The average molecular weight is 415 g/mol. The number of benzene rings is 1. The van der Waals surface area contributed by atoms with Crippen LogP contribution in [0, 0.1) is 6.92 Å². The summed E-state index contributed by atoms with van der Waals surface area (Å²) in [5.74, 6) is -0.951. The van der Waals surface area contributed by atoms with Gasteiger partial charge < -0.3 is 14.7 Å². The number of amides is 1. The van der Waals surface area contributed by atoms with E-state index < -0.39 is 17.7 Å². The predicted octanol–water partition coefficient (Wildman–Crippen LogP) is 3.42. The Balaban J connectivity index is 1.85. The SMILES string of the molecule is COc1ccc(/C(O)=C2\C(=O)C(=O)N(Cc3cccnc3)[C@@H]2c2ccncc2)cc1C. The number of aryl methyl sites for hydroxylation is 1. The molecule has 0 aliphatic carbocycles. The Morgan fingerprint density at radius 1 is 1.10 bits per heavy atom. The van der Waals surface area contributed by atoms with Crippen molar-refractivity contribution in [2.24, 2.45) is 0 Å². The molecule has 0 radical (unpaired) electrons. The lowest BCUT2D eigenvalue weighted by atomic mass is 9.95. The first-order valence-electron chi connectivity index (χ1n) is 9.73. The zero-order valence-electron chi connectivity index (χ0n) is 17.1. The summed E-state index contributed by atoms with van der Waals surface area (Å²) in [6.45, 7) is 2.03. The molecule has 1 aromatic carbocycles. The Morgan fingerprint density at radius 3 is 2.52 bits per heavy atom. The lowest BCUT2D eigenvalue weighted by Crippen LogP contribution is -2.29. The maximum absolute atomic E-state index is 13.0. The van der Waals surface area contributed by atoms with Gasteiger partial charge in [0.1, 0.15) is 11.5 Å². The summed E-state index contributed by atoms with van der Waals surface area (Å²) >= 11 is 0. The molecular formula is C24H21N3O4. The first kappa shape index (κ1) is 20.3. The fourth-order valence-corrected chi connectivity index (χ4v) is 3.80. The summed E-state index contributed by atoms with van der Waals surface area (Å²) in [5, 5.41) is 11.1. The monoisotopic (exact) mass is 415 g/mol. The molecular weight excluding hydrogens is 394 g/mol. The number of aliphatic hydroxyl groups is 1. The Hall–Kier alpha value is -4.00. The summed E-state index contributed by atoms with van der Waals surface area (Å²) in [7, 11) is 1.56. The van der Waals surface area contributed by atoms with Crippen molar-refractivity contribution >= 4 is 17.4 Å². The maximum Gasteiger partial charge on any atom is 0.295 e. The number of nitrogens with zero attached hydrogens (tertiary/aromatic N) is 3. The van der Waals surface area contributed by atoms with Crippen LogP contribution < -0.4 is 4.74 Å². The van der Waals surface area contributed by atoms with E-state index in [9.17, 15) is 14.7 Å². The van der Waals surface area contributed by atoms with E-state index in [1.165, 1.54) is 4.90 Å². The van der Waals surface area contributed by atoms with Crippen molar-refractivity contribution in [3.05, 3.63) is 95.1 Å². The van der Waals surface area contributed by atoms with Crippen LogP contribution in [0.5, 0.6) is 5.75 Å². The van der Waals surface area contributed by atoms with Gasteiger partial charge in [0, 0.05) is 36.9 Å². The molecule has 1 atom stereocenters. The van der Waals surface area contributed by atoms with Crippen LogP contribution in [0.1, 0.15) is 28.3 Å². The quantitative estimate of drug-likeness (QED) is 0.390. The third-order valence-corrected chi connectivity index (χ3v) is 5.31. The number of aliphatic hydroxyl groups excluding tert-OH is 1. The number of ketones is 1. The van der Waals surface area contributed by atoms with Gasteiger partial charge in [-0.15, -0.1) is 0 Å². The molecule has 1 aliphatic heterocycles. The number of rotatable bonds is 5. The van der Waals surface area contributed by atoms with Crippen LogP contribution >= 0.6 is 0 Å². The van der Waals surface area contributed by atoms with Crippen molar-refractivity contribution in [2.75, 3.05) is 7.11 Å². The van der Waals surface area contributed by atoms with Gasteiger partial charge in [0.15, 0.2) is 0 Å². The molecule has 1 fully saturated rings. The van der Waals surface area contributed by atoms with E-state index in [0.29, 0.717) is 16.9 Å². The number of ether oxygens (including phenoxy) is 1. The molecule has 3 aromatic rings. The molecule has 0 unspecified atom stereocenters. The number of hydrogen-bond donors (Lipinski definition) is 1. The zero-order chi connectivity index (χ0) is 22.0. The fourth-order valence-electron chi connectivity index (χ4n) is 3.80. The Labute approximate surface area is 179 Å². The van der Waals surface area contributed by atoms with Gasteiger partial charge in [-0.25, -0.2) is 0 Å². The minimum absolute atomic E-state index is 0.0460. The molecule has 156 valence electrons. The first-order chi connectivity index (χ1) is 15.0. The van der Waals surface area contributed by atoms with Gasteiger partial charge in [-0.05, 0) is 60.0 Å². The number of pyridine rings is 2. The van der Waals surface area contributed by atoms with E-state index >= 15 is 0 Å². The van der Waals surface area contributed by atoms with Crippen LogP contribution in [0.4, 0.5) is 0 Å². The smallest absolute Gasteiger partial charge is 0.295 e. The molecule has 0 spiro atoms. The Morgan fingerprint density at radius 2 is 1.87 bits per heavy atom. The lowest BCUT2D eigenvalue weighted by molar-refractivity contribution is -0.140. The molecule has 31 heavy (non-hydrogen) atoms. The van der Waals surface area contributed by atoms with Crippen molar-refractivity contribution < 1.29 is 19.4 Å². The second-order valence-electron chi connectivity index (χ2n) is 7.25. The van der Waals surface area contributed by atoms with Crippen LogP contribution in [-0.4, -0.2) is 38.8 Å². The van der Waals surface area contributed by atoms with E-state index in [1.54, 1.807) is 68.3 Å². The van der Waals surface area contributed by atoms with Gasteiger partial charge in [0.25, 0.3) is 11.7 Å². The highest BCUT2D eigenvalue weighted by atomic mass is 16.5. The van der Waals surface area contributed by atoms with E-state index in [-0.39, 0.29) is 17.9 Å². The molecule has 7 heteroatoms. The molecule has 1 N–H and O–H groups in total. The van der Waals surface area contributed by atoms with E-state index in [4.69, 9.17) is 4.74 Å². The van der Waals surface area contributed by atoms with Crippen molar-refractivity contribution in [3.63, 3.8) is 0 Å². The standard InChI is InChI=1S/C24H21N3O4/c1-15-12-18(5-6-19(15)31-2)22(28)20-21(17-7-10-25-11-8-17)27(24(30)23(20)29)14-16-4-3-9-26-13-16/h3-13,21,28H,14H2,1-2H3/b22-20+/t21-/m1/s1. The molecule has 1 aliphatic rings. The highest BCUT2D eigenvalue weighted by Gasteiger charge is 2.46. The van der Waals surface area contributed by atoms with Crippen LogP contribution in [-0.2, 0) is 16.1 Å². The summed E-state index contributed by atoms with van der Waals surface area (Å²) in [4.78, 5) is 35.6. The third-order valence-electron chi connectivity index (χ3n) is 5.31. The van der Waals surface area contributed by atoms with E-state index in [0.717, 1.165) is 11.1 Å². The van der Waals surface area contributed by atoms with Gasteiger partial charge in [-0.3, -0.25) is 19.6 Å². The number of Topliss-reactive ketones (excluding diaryl/α,β-unsaturated/α-hetero) is 1. The van der Waals surface area contributed by atoms with Gasteiger partial charge in [0.2, 0.25) is 0 Å². The summed E-state index contributed by atoms with van der Waals surface area (Å²) < 4.78 is 5.28. The van der Waals surface area contributed by atoms with Crippen molar-refractivity contribution in [1.82, 2.24) is 14.9 Å². The van der Waals surface area contributed by atoms with Gasteiger partial charge in [0.05, 0.1) is 18.7 Å². The second-order valence-corrected chi connectivity index (χ2v) is 7.25. The predicted molar refractivity (Wildman–Crippen MR) is 114 cm³/mol. The number of hydrogen-bond acceptors (Lipinski definition) is 6. The number of carbonyl (C=O) groups excluding carboxylic acids is 2. The van der Waals surface area contributed by atoms with Crippen LogP contribution in [0.25, 0.3) is 5.76 Å². The lowest BCUT2D eigenvalue weighted by Gasteiger charge is -2.25. The second kappa shape index (κ2) is 8.39. The minimum Gasteiger partial charge on any atom is -0.507 e. The molecule has 4 rings (SSSR count). The van der Waals surface area contributed by atoms with Gasteiger partial charge >= 0.3 is 0 Å². The van der Waals surface area contributed by atoms with Crippen LogP contribution in [0.2, 0.25) is 0 Å². The van der Waals surface area contributed by atoms with E-state index in [1.807, 2.05) is 13.0 Å². The summed E-state index contributed by atoms with van der Waals surface area (Å²) in [5.41, 5.74) is 2.76. The molecule has 1 saturated heterocycles. The molecule has 7 nitrogen and oxygen atoms in total. The first-order valence-corrected chi connectivity index (χ1v) is 9.73. The Kier molecular flexibility index (Phi) is 5.49. The molecule has 0 saturated carbocycles. The molecule has 3 heterocycles. The highest BCUT2D eigenvalue weighted by Crippen LogP contribution is 2.40. The summed E-state index contributed by atoms with van der Waals surface area (Å²) in [6, 6.07) is 11.4. The topological polar surface area (TPSA) is 92.6 Å². The van der Waals surface area contributed by atoms with Crippen LogP contribution in [0.15, 0.2) is 72.8 Å². The number of aromatic nitrogens is 2. The number of likely N-dealkylation sites (tertiary alicyclic amines) is 1. The largest absolute Gasteiger partial charge is 0.507 e. The van der Waals surface area contributed by atoms with Crippen molar-refractivity contribution in [3.8, 4) is 5.75 Å². The van der Waals surface area contributed by atoms with Gasteiger partial charge in [-0.1, -0.05) is 6.07 Å². The van der Waals surface area contributed by atoms with Crippen molar-refractivity contribution in [2.45, 2.75) is 19.5 Å².